The summed E-state index contributed by atoms with van der Waals surface area (Å²) in [5.41, 5.74) is 4.96. The monoisotopic (exact) mass is 413 g/mol. The van der Waals surface area contributed by atoms with Gasteiger partial charge >= 0.3 is 0 Å². The van der Waals surface area contributed by atoms with Crippen molar-refractivity contribution in [1.29, 1.82) is 0 Å². The van der Waals surface area contributed by atoms with Crippen LogP contribution in [0.2, 0.25) is 0 Å². The van der Waals surface area contributed by atoms with Crippen molar-refractivity contribution in [2.75, 3.05) is 17.7 Å². The molecule has 0 fully saturated rings. The molecule has 1 aromatic heterocycles. The van der Waals surface area contributed by atoms with Gasteiger partial charge in [0.2, 0.25) is 5.95 Å². The topological polar surface area (TPSA) is 62.2 Å². The van der Waals surface area contributed by atoms with Crippen molar-refractivity contribution < 1.29 is 0 Å². The van der Waals surface area contributed by atoms with Gasteiger partial charge in [0.25, 0.3) is 0 Å². The fraction of sp³-hybridized carbons (Fsp3) is 0.346. The second-order valence-electron chi connectivity index (χ2n) is 8.17. The number of aryl methyl sites for hydroxylation is 1. The van der Waals surface area contributed by atoms with Crippen LogP contribution in [0.1, 0.15) is 50.2 Å². The Morgan fingerprint density at radius 3 is 2.42 bits per heavy atom. The molecule has 0 atom stereocenters. The van der Waals surface area contributed by atoms with E-state index in [4.69, 9.17) is 9.97 Å². The Kier molecular flexibility index (Phi) is 6.92. The molecule has 4 rings (SSSR count). The third kappa shape index (κ3) is 5.48. The summed E-state index contributed by atoms with van der Waals surface area (Å²) in [6.45, 7) is 2.89. The molecule has 0 aliphatic carbocycles. The smallest absolute Gasteiger partial charge is 0.225 e. The predicted molar refractivity (Wildman–Crippen MR) is 131 cm³/mol. The Morgan fingerprint density at radius 2 is 1.58 bits per heavy atom. The first-order valence-corrected chi connectivity index (χ1v) is 11.2. The molecular formula is C26H31N5. The molecule has 0 unspecified atom stereocenters. The first-order valence-electron chi connectivity index (χ1n) is 11.2. The van der Waals surface area contributed by atoms with Gasteiger partial charge in [-0.1, -0.05) is 54.8 Å². The highest BCUT2D eigenvalue weighted by Gasteiger charge is 2.10. The van der Waals surface area contributed by atoms with Gasteiger partial charge in [-0.2, -0.15) is 4.98 Å². The van der Waals surface area contributed by atoms with Gasteiger partial charge in [-0.15, -0.1) is 0 Å². The number of para-hydroxylation sites is 1. The summed E-state index contributed by atoms with van der Waals surface area (Å²) in [5.74, 6) is 2.22. The molecule has 0 amide bonds. The maximum absolute atomic E-state index is 4.80. The number of rotatable bonds is 0. The first kappa shape index (κ1) is 21.0. The highest BCUT2D eigenvalue weighted by molar-refractivity contribution is 6.07. The number of aromatic nitrogens is 2. The molecule has 0 spiro atoms. The Bertz CT molecular complexity index is 1100. The zero-order valence-electron chi connectivity index (χ0n) is 18.5. The third-order valence-electron chi connectivity index (χ3n) is 5.80. The molecule has 1 aliphatic rings. The quantitative estimate of drug-likeness (QED) is 0.465. The number of allylic oxidation sites excluding steroid dienone is 1. The van der Waals surface area contributed by atoms with Crippen molar-refractivity contribution in [3.63, 3.8) is 0 Å². The number of hydrogen-bond acceptors (Lipinski definition) is 4. The first-order chi connectivity index (χ1) is 15.2. The maximum atomic E-state index is 4.80. The van der Waals surface area contributed by atoms with Gasteiger partial charge in [0.15, 0.2) is 0 Å². The van der Waals surface area contributed by atoms with Crippen molar-refractivity contribution in [1.82, 2.24) is 9.97 Å². The van der Waals surface area contributed by atoms with Gasteiger partial charge in [-0.25, -0.2) is 4.98 Å². The molecule has 3 aromatic rings. The SMILES string of the molecule is CN=C1/C=C(\C)CCCCCCc2ccccc2CNc2nc(c3ccccc3n2)N1. The second-order valence-corrected chi connectivity index (χ2v) is 8.17. The lowest BCUT2D eigenvalue weighted by molar-refractivity contribution is 0.637. The van der Waals surface area contributed by atoms with Crippen LogP contribution in [0.25, 0.3) is 10.9 Å². The van der Waals surface area contributed by atoms with Gasteiger partial charge in [0.1, 0.15) is 11.7 Å². The number of nitrogens with zero attached hydrogens (tertiary/aromatic N) is 3. The average Bonchev–Trinajstić information content (AvgIpc) is 2.79. The van der Waals surface area contributed by atoms with E-state index in [2.05, 4.69) is 52.9 Å². The summed E-state index contributed by atoms with van der Waals surface area (Å²) < 4.78 is 0. The van der Waals surface area contributed by atoms with E-state index in [-0.39, 0.29) is 0 Å². The van der Waals surface area contributed by atoms with Crippen LogP contribution in [0.15, 0.2) is 65.2 Å². The Balaban J connectivity index is 1.71. The predicted octanol–water partition coefficient (Wildman–Crippen LogP) is 6.14. The van der Waals surface area contributed by atoms with Crippen molar-refractivity contribution in [3.05, 3.63) is 71.3 Å². The van der Waals surface area contributed by atoms with Gasteiger partial charge in [0, 0.05) is 19.0 Å². The van der Waals surface area contributed by atoms with Gasteiger partial charge in [-0.05, 0) is 61.9 Å². The molecular weight excluding hydrogens is 382 g/mol. The summed E-state index contributed by atoms with van der Waals surface area (Å²) in [6, 6.07) is 16.8. The molecule has 0 radical (unpaired) electrons. The standard InChI is InChI=1S/C26H31N5/c1-19-11-5-3-4-6-12-20-13-7-8-14-21(20)18-28-26-29-23-16-10-9-15-22(23)25(31-26)30-24(17-19)27-2/h7-10,13-17H,3-6,11-12,18H2,1-2H3,(H2,27,28,29,30,31)/b19-17+. The molecule has 2 aromatic carbocycles. The number of hydrogen-bond donors (Lipinski definition) is 2. The van der Waals surface area contributed by atoms with Crippen LogP contribution in [-0.4, -0.2) is 22.9 Å². The van der Waals surface area contributed by atoms with E-state index in [0.717, 1.165) is 35.4 Å². The Labute approximate surface area is 184 Å². The highest BCUT2D eigenvalue weighted by Crippen LogP contribution is 2.23. The number of aliphatic imine (C=N–C) groups is 1. The summed E-state index contributed by atoms with van der Waals surface area (Å²) in [5, 5.41) is 7.87. The Hall–Kier alpha value is -3.21. The van der Waals surface area contributed by atoms with Gasteiger partial charge in [0.05, 0.1) is 5.52 Å². The number of amidine groups is 1. The van der Waals surface area contributed by atoms with Crippen LogP contribution in [0.4, 0.5) is 11.8 Å². The van der Waals surface area contributed by atoms with E-state index < -0.39 is 0 Å². The highest BCUT2D eigenvalue weighted by atomic mass is 15.2. The van der Waals surface area contributed by atoms with E-state index >= 15 is 0 Å². The van der Waals surface area contributed by atoms with E-state index in [1.54, 1.807) is 0 Å². The number of anilines is 2. The van der Waals surface area contributed by atoms with Crippen LogP contribution >= 0.6 is 0 Å². The minimum Gasteiger partial charge on any atom is -0.350 e. The molecule has 160 valence electrons. The summed E-state index contributed by atoms with van der Waals surface area (Å²) in [6.07, 6.45) is 9.30. The normalized spacial score (nSPS) is 18.9. The number of fused-ring (bicyclic) bond motifs is 5. The van der Waals surface area contributed by atoms with Gasteiger partial charge in [-0.3, -0.25) is 4.99 Å². The molecule has 2 N–H and O–H groups in total. The largest absolute Gasteiger partial charge is 0.350 e. The minimum atomic E-state index is 0.622. The maximum Gasteiger partial charge on any atom is 0.225 e. The van der Waals surface area contributed by atoms with Crippen molar-refractivity contribution in [3.8, 4) is 0 Å². The fourth-order valence-electron chi connectivity index (χ4n) is 4.06. The van der Waals surface area contributed by atoms with Crippen LogP contribution < -0.4 is 10.6 Å². The summed E-state index contributed by atoms with van der Waals surface area (Å²) in [7, 11) is 1.81. The van der Waals surface area contributed by atoms with E-state index in [1.807, 2.05) is 31.3 Å². The summed E-state index contributed by atoms with van der Waals surface area (Å²) in [4.78, 5) is 14.0. The van der Waals surface area contributed by atoms with Crippen LogP contribution in [0.3, 0.4) is 0 Å². The van der Waals surface area contributed by atoms with E-state index in [1.165, 1.54) is 42.4 Å². The second kappa shape index (κ2) is 10.2. The zero-order valence-corrected chi connectivity index (χ0v) is 18.5. The summed E-state index contributed by atoms with van der Waals surface area (Å²) >= 11 is 0. The van der Waals surface area contributed by atoms with Crippen molar-refractivity contribution in [2.24, 2.45) is 4.99 Å². The van der Waals surface area contributed by atoms with Crippen LogP contribution in [0, 0.1) is 0 Å². The molecule has 5 heteroatoms. The number of benzene rings is 2. The number of nitrogens with one attached hydrogen (secondary N) is 2. The molecule has 0 saturated carbocycles. The molecule has 0 saturated heterocycles. The lowest BCUT2D eigenvalue weighted by atomic mass is 10.00. The van der Waals surface area contributed by atoms with Crippen LogP contribution in [0.5, 0.6) is 0 Å². The van der Waals surface area contributed by atoms with E-state index in [9.17, 15) is 0 Å². The molecule has 5 nitrogen and oxygen atoms in total. The molecule has 31 heavy (non-hydrogen) atoms. The zero-order chi connectivity index (χ0) is 21.5. The Morgan fingerprint density at radius 1 is 0.839 bits per heavy atom. The van der Waals surface area contributed by atoms with Crippen molar-refractivity contribution >= 4 is 28.5 Å². The lowest BCUT2D eigenvalue weighted by Gasteiger charge is -2.13. The molecule has 2 bridgehead atoms. The lowest BCUT2D eigenvalue weighted by Crippen LogP contribution is -2.13. The van der Waals surface area contributed by atoms with Gasteiger partial charge < -0.3 is 10.6 Å². The molecule has 1 aliphatic heterocycles. The molecule has 2 heterocycles. The fourth-order valence-corrected chi connectivity index (χ4v) is 4.06. The third-order valence-corrected chi connectivity index (χ3v) is 5.80. The van der Waals surface area contributed by atoms with E-state index in [0.29, 0.717) is 12.5 Å². The average molecular weight is 414 g/mol. The van der Waals surface area contributed by atoms with Crippen molar-refractivity contribution in [2.45, 2.75) is 52.0 Å². The minimum absolute atomic E-state index is 0.622. The van der Waals surface area contributed by atoms with Crippen LogP contribution in [-0.2, 0) is 13.0 Å².